The highest BCUT2D eigenvalue weighted by atomic mass is 16.5. The first-order valence-electron chi connectivity index (χ1n) is 6.57. The Hall–Kier alpha value is -1.26. The van der Waals surface area contributed by atoms with Gasteiger partial charge in [0.2, 0.25) is 0 Å². The normalized spacial score (nSPS) is 14.3. The fraction of sp³-hybridized carbons (Fsp3) is 0.600. The minimum absolute atomic E-state index is 0.446. The van der Waals surface area contributed by atoms with Crippen molar-refractivity contribution < 1.29 is 14.6 Å². The van der Waals surface area contributed by atoms with E-state index in [-0.39, 0.29) is 0 Å². The molecule has 0 aliphatic rings. The van der Waals surface area contributed by atoms with E-state index in [1.807, 2.05) is 18.2 Å². The Morgan fingerprint density at radius 2 is 1.74 bits per heavy atom. The van der Waals surface area contributed by atoms with Gasteiger partial charge in [0, 0.05) is 6.54 Å². The van der Waals surface area contributed by atoms with E-state index in [9.17, 15) is 5.11 Å². The molecule has 19 heavy (non-hydrogen) atoms. The SMILES string of the molecule is COc1cccc(OC)c1C(C)(O)CNCC(C)C. The Kier molecular flexibility index (Phi) is 5.63. The number of methoxy groups -OCH3 is 2. The van der Waals surface area contributed by atoms with Gasteiger partial charge in [-0.2, -0.15) is 0 Å². The van der Waals surface area contributed by atoms with Crippen molar-refractivity contribution in [1.29, 1.82) is 0 Å². The average molecular weight is 267 g/mol. The lowest BCUT2D eigenvalue weighted by molar-refractivity contribution is 0.0511. The highest BCUT2D eigenvalue weighted by Crippen LogP contribution is 2.37. The first-order chi connectivity index (χ1) is 8.92. The molecular weight excluding hydrogens is 242 g/mol. The molecule has 0 spiro atoms. The fourth-order valence-electron chi connectivity index (χ4n) is 2.07. The Morgan fingerprint density at radius 3 is 2.16 bits per heavy atom. The zero-order valence-electron chi connectivity index (χ0n) is 12.5. The minimum atomic E-state index is -1.05. The molecule has 0 bridgehead atoms. The van der Waals surface area contributed by atoms with E-state index in [1.165, 1.54) is 0 Å². The number of nitrogens with one attached hydrogen (secondary N) is 1. The maximum absolute atomic E-state index is 10.7. The third kappa shape index (κ3) is 4.11. The lowest BCUT2D eigenvalue weighted by Gasteiger charge is -2.28. The Bertz CT molecular complexity index is 380. The summed E-state index contributed by atoms with van der Waals surface area (Å²) in [5.41, 5.74) is -0.372. The van der Waals surface area contributed by atoms with Crippen LogP contribution in [0.3, 0.4) is 0 Å². The molecule has 1 aromatic carbocycles. The van der Waals surface area contributed by atoms with E-state index >= 15 is 0 Å². The van der Waals surface area contributed by atoms with Crippen molar-refractivity contribution in [3.63, 3.8) is 0 Å². The monoisotopic (exact) mass is 267 g/mol. The third-order valence-electron chi connectivity index (χ3n) is 2.99. The number of aliphatic hydroxyl groups is 1. The van der Waals surface area contributed by atoms with Crippen LogP contribution < -0.4 is 14.8 Å². The van der Waals surface area contributed by atoms with Crippen LogP contribution in [-0.2, 0) is 5.60 Å². The zero-order chi connectivity index (χ0) is 14.5. The summed E-state index contributed by atoms with van der Waals surface area (Å²) in [6, 6.07) is 5.50. The zero-order valence-corrected chi connectivity index (χ0v) is 12.5. The molecular formula is C15H25NO3. The fourth-order valence-corrected chi connectivity index (χ4v) is 2.07. The topological polar surface area (TPSA) is 50.7 Å². The molecule has 0 aliphatic carbocycles. The highest BCUT2D eigenvalue weighted by Gasteiger charge is 2.30. The second-order valence-corrected chi connectivity index (χ2v) is 5.34. The van der Waals surface area contributed by atoms with E-state index in [2.05, 4.69) is 19.2 Å². The van der Waals surface area contributed by atoms with Gasteiger partial charge in [-0.15, -0.1) is 0 Å². The second-order valence-electron chi connectivity index (χ2n) is 5.34. The van der Waals surface area contributed by atoms with Crippen LogP contribution in [0.25, 0.3) is 0 Å². The molecule has 1 atom stereocenters. The summed E-state index contributed by atoms with van der Waals surface area (Å²) in [5.74, 6) is 1.81. The molecule has 0 aromatic heterocycles. The van der Waals surface area contributed by atoms with Gasteiger partial charge < -0.3 is 19.9 Å². The molecule has 4 nitrogen and oxygen atoms in total. The molecule has 1 unspecified atom stereocenters. The van der Waals surface area contributed by atoms with Crippen LogP contribution in [0.2, 0.25) is 0 Å². The lowest BCUT2D eigenvalue weighted by atomic mass is 9.93. The van der Waals surface area contributed by atoms with Crippen molar-refractivity contribution in [3.8, 4) is 11.5 Å². The number of hydrogen-bond acceptors (Lipinski definition) is 4. The predicted molar refractivity (Wildman–Crippen MR) is 76.8 cm³/mol. The first kappa shape index (κ1) is 15.8. The number of ether oxygens (including phenoxy) is 2. The van der Waals surface area contributed by atoms with E-state index < -0.39 is 5.60 Å². The van der Waals surface area contributed by atoms with E-state index in [1.54, 1.807) is 21.1 Å². The van der Waals surface area contributed by atoms with E-state index in [0.717, 1.165) is 6.54 Å². The predicted octanol–water partition coefficient (Wildman–Crippen LogP) is 2.16. The summed E-state index contributed by atoms with van der Waals surface area (Å²) in [4.78, 5) is 0. The molecule has 0 radical (unpaired) electrons. The average Bonchev–Trinajstić information content (AvgIpc) is 2.36. The minimum Gasteiger partial charge on any atom is -0.496 e. The van der Waals surface area contributed by atoms with Crippen molar-refractivity contribution in [2.75, 3.05) is 27.3 Å². The molecule has 0 aliphatic heterocycles. The van der Waals surface area contributed by atoms with Crippen molar-refractivity contribution in [2.45, 2.75) is 26.4 Å². The summed E-state index contributed by atoms with van der Waals surface area (Å²) in [5, 5.41) is 14.0. The molecule has 4 heteroatoms. The van der Waals surface area contributed by atoms with Crippen molar-refractivity contribution >= 4 is 0 Å². The Labute approximate surface area is 115 Å². The van der Waals surface area contributed by atoms with Gasteiger partial charge in [0.15, 0.2) is 0 Å². The van der Waals surface area contributed by atoms with Crippen molar-refractivity contribution in [3.05, 3.63) is 23.8 Å². The van der Waals surface area contributed by atoms with Gasteiger partial charge in [0.1, 0.15) is 17.1 Å². The van der Waals surface area contributed by atoms with E-state index in [4.69, 9.17) is 9.47 Å². The molecule has 0 saturated carbocycles. The number of hydrogen-bond donors (Lipinski definition) is 2. The van der Waals surface area contributed by atoms with Gasteiger partial charge in [-0.3, -0.25) is 0 Å². The summed E-state index contributed by atoms with van der Waals surface area (Å²) >= 11 is 0. The maximum Gasteiger partial charge on any atom is 0.128 e. The standard InChI is InChI=1S/C15H25NO3/c1-11(2)9-16-10-15(3,17)14-12(18-4)7-6-8-13(14)19-5/h6-8,11,16-17H,9-10H2,1-5H3. The molecule has 2 N–H and O–H groups in total. The van der Waals surface area contributed by atoms with Crippen LogP contribution in [0.4, 0.5) is 0 Å². The smallest absolute Gasteiger partial charge is 0.128 e. The third-order valence-corrected chi connectivity index (χ3v) is 2.99. The van der Waals surface area contributed by atoms with Gasteiger partial charge >= 0.3 is 0 Å². The van der Waals surface area contributed by atoms with Crippen LogP contribution in [0.15, 0.2) is 18.2 Å². The largest absolute Gasteiger partial charge is 0.496 e. The Morgan fingerprint density at radius 1 is 1.21 bits per heavy atom. The number of rotatable bonds is 7. The second kappa shape index (κ2) is 6.78. The van der Waals surface area contributed by atoms with Gasteiger partial charge in [-0.05, 0) is 31.5 Å². The van der Waals surface area contributed by atoms with Crippen LogP contribution in [0, 0.1) is 5.92 Å². The van der Waals surface area contributed by atoms with Crippen molar-refractivity contribution in [2.24, 2.45) is 5.92 Å². The first-order valence-corrected chi connectivity index (χ1v) is 6.57. The molecule has 0 heterocycles. The quantitative estimate of drug-likeness (QED) is 0.795. The molecule has 0 fully saturated rings. The van der Waals surface area contributed by atoms with Gasteiger partial charge in [0.05, 0.1) is 19.8 Å². The molecule has 108 valence electrons. The summed E-state index contributed by atoms with van der Waals surface area (Å²) in [7, 11) is 3.19. The van der Waals surface area contributed by atoms with E-state index in [0.29, 0.717) is 29.5 Å². The number of benzene rings is 1. The van der Waals surface area contributed by atoms with Crippen LogP contribution >= 0.6 is 0 Å². The molecule has 1 aromatic rings. The summed E-state index contributed by atoms with van der Waals surface area (Å²) < 4.78 is 10.7. The Balaban J connectivity index is 2.98. The maximum atomic E-state index is 10.7. The molecule has 1 rings (SSSR count). The van der Waals surface area contributed by atoms with Crippen LogP contribution in [0.5, 0.6) is 11.5 Å². The van der Waals surface area contributed by atoms with Crippen LogP contribution in [0.1, 0.15) is 26.3 Å². The van der Waals surface area contributed by atoms with Gasteiger partial charge in [-0.25, -0.2) is 0 Å². The lowest BCUT2D eigenvalue weighted by Crippen LogP contribution is -2.37. The summed E-state index contributed by atoms with van der Waals surface area (Å²) in [6.45, 7) is 7.33. The van der Waals surface area contributed by atoms with Gasteiger partial charge in [0.25, 0.3) is 0 Å². The van der Waals surface area contributed by atoms with Crippen molar-refractivity contribution in [1.82, 2.24) is 5.32 Å². The highest BCUT2D eigenvalue weighted by molar-refractivity contribution is 5.48. The molecule has 0 amide bonds. The van der Waals surface area contributed by atoms with Crippen LogP contribution in [-0.4, -0.2) is 32.4 Å². The molecule has 0 saturated heterocycles. The summed E-state index contributed by atoms with van der Waals surface area (Å²) in [6.07, 6.45) is 0. The van der Waals surface area contributed by atoms with Gasteiger partial charge in [-0.1, -0.05) is 19.9 Å².